The summed E-state index contributed by atoms with van der Waals surface area (Å²) in [4.78, 5) is 20.2. The zero-order chi connectivity index (χ0) is 15.3. The number of alkyl carbamates (subject to hydrolysis) is 1. The van der Waals surface area contributed by atoms with Crippen LogP contribution in [0.4, 0.5) is 10.7 Å². The summed E-state index contributed by atoms with van der Waals surface area (Å²) >= 11 is 0. The van der Waals surface area contributed by atoms with Gasteiger partial charge in [-0.05, 0) is 52.5 Å². The number of amides is 1. The van der Waals surface area contributed by atoms with Crippen LogP contribution in [0.2, 0.25) is 0 Å². The summed E-state index contributed by atoms with van der Waals surface area (Å²) < 4.78 is 5.30. The molecule has 2 atom stereocenters. The molecule has 0 aliphatic heterocycles. The van der Waals surface area contributed by atoms with Crippen LogP contribution >= 0.6 is 0 Å². The fourth-order valence-corrected chi connectivity index (χ4v) is 2.48. The van der Waals surface area contributed by atoms with E-state index in [9.17, 15) is 4.79 Å². The maximum absolute atomic E-state index is 11.8. The van der Waals surface area contributed by atoms with Crippen molar-refractivity contribution in [1.29, 1.82) is 0 Å². The van der Waals surface area contributed by atoms with E-state index in [4.69, 9.17) is 4.74 Å². The zero-order valence-electron chi connectivity index (χ0n) is 12.9. The van der Waals surface area contributed by atoms with Gasteiger partial charge < -0.3 is 15.4 Å². The average Bonchev–Trinajstić information content (AvgIpc) is 2.38. The first kappa shape index (κ1) is 15.5. The molecule has 116 valence electrons. The largest absolute Gasteiger partial charge is 0.444 e. The highest BCUT2D eigenvalue weighted by molar-refractivity contribution is 5.68. The highest BCUT2D eigenvalue weighted by Crippen LogP contribution is 2.21. The van der Waals surface area contributed by atoms with Crippen LogP contribution in [-0.2, 0) is 4.74 Å². The molecule has 0 bridgehead atoms. The maximum atomic E-state index is 11.8. The molecule has 1 aliphatic carbocycles. The van der Waals surface area contributed by atoms with Crippen molar-refractivity contribution in [1.82, 2.24) is 15.3 Å². The first-order valence-electron chi connectivity index (χ1n) is 7.45. The molecule has 2 rings (SSSR count). The number of nitrogens with zero attached hydrogens (tertiary/aromatic N) is 2. The van der Waals surface area contributed by atoms with Crippen LogP contribution in [0.25, 0.3) is 0 Å². The summed E-state index contributed by atoms with van der Waals surface area (Å²) in [7, 11) is 0. The smallest absolute Gasteiger partial charge is 0.407 e. The monoisotopic (exact) mass is 292 g/mol. The molecule has 0 radical (unpaired) electrons. The van der Waals surface area contributed by atoms with Crippen molar-refractivity contribution < 1.29 is 9.53 Å². The predicted molar refractivity (Wildman–Crippen MR) is 81.1 cm³/mol. The molecule has 6 heteroatoms. The van der Waals surface area contributed by atoms with Gasteiger partial charge in [-0.3, -0.25) is 0 Å². The Morgan fingerprint density at radius 2 is 1.90 bits per heavy atom. The Morgan fingerprint density at radius 3 is 2.57 bits per heavy atom. The number of anilines is 1. The van der Waals surface area contributed by atoms with Crippen LogP contribution < -0.4 is 10.6 Å². The number of hydrogen-bond acceptors (Lipinski definition) is 5. The van der Waals surface area contributed by atoms with Gasteiger partial charge in [-0.25, -0.2) is 14.8 Å². The lowest BCUT2D eigenvalue weighted by atomic mass is 9.91. The lowest BCUT2D eigenvalue weighted by Gasteiger charge is -2.31. The van der Waals surface area contributed by atoms with Crippen LogP contribution in [0, 0.1) is 0 Å². The standard InChI is InChI=1S/C15H24N4O2/c1-15(2,3)21-14(20)19-12-7-4-6-11(10-12)18-13-16-8-5-9-17-13/h5,8-9,11-12H,4,6-7,10H2,1-3H3,(H,19,20)(H,16,17,18)/t11-,12-/m0/s1. The summed E-state index contributed by atoms with van der Waals surface area (Å²) in [6, 6.07) is 2.20. The molecule has 21 heavy (non-hydrogen) atoms. The molecule has 2 N–H and O–H groups in total. The Morgan fingerprint density at radius 1 is 1.24 bits per heavy atom. The summed E-state index contributed by atoms with van der Waals surface area (Å²) in [5.41, 5.74) is -0.464. The van der Waals surface area contributed by atoms with E-state index in [2.05, 4.69) is 20.6 Å². The van der Waals surface area contributed by atoms with Crippen molar-refractivity contribution >= 4 is 12.0 Å². The molecule has 1 fully saturated rings. The third-order valence-corrected chi connectivity index (χ3v) is 3.29. The van der Waals surface area contributed by atoms with Crippen molar-refractivity contribution in [3.05, 3.63) is 18.5 Å². The minimum absolute atomic E-state index is 0.134. The molecule has 1 aromatic rings. The Balaban J connectivity index is 1.82. The van der Waals surface area contributed by atoms with Crippen LogP contribution in [0.1, 0.15) is 46.5 Å². The first-order chi connectivity index (χ1) is 9.92. The SMILES string of the molecule is CC(C)(C)OC(=O)N[C@H]1CCC[C@H](Nc2ncccn2)C1. The van der Waals surface area contributed by atoms with Gasteiger partial charge >= 0.3 is 6.09 Å². The number of aromatic nitrogens is 2. The number of ether oxygens (including phenoxy) is 1. The van der Waals surface area contributed by atoms with Crippen molar-refractivity contribution in [3.8, 4) is 0 Å². The van der Waals surface area contributed by atoms with Gasteiger partial charge in [0.25, 0.3) is 0 Å². The van der Waals surface area contributed by atoms with Crippen molar-refractivity contribution in [2.24, 2.45) is 0 Å². The summed E-state index contributed by atoms with van der Waals surface area (Å²) in [6.07, 6.45) is 7.05. The average molecular weight is 292 g/mol. The summed E-state index contributed by atoms with van der Waals surface area (Å²) in [5, 5.41) is 6.27. The number of rotatable bonds is 3. The molecule has 6 nitrogen and oxygen atoms in total. The molecule has 1 saturated carbocycles. The fraction of sp³-hybridized carbons (Fsp3) is 0.667. The third-order valence-electron chi connectivity index (χ3n) is 3.29. The van der Waals surface area contributed by atoms with Gasteiger partial charge in [0, 0.05) is 24.5 Å². The molecule has 1 aromatic heterocycles. The van der Waals surface area contributed by atoms with Gasteiger partial charge in [0.1, 0.15) is 5.60 Å². The topological polar surface area (TPSA) is 76.1 Å². The van der Waals surface area contributed by atoms with Gasteiger partial charge in [0.15, 0.2) is 0 Å². The summed E-state index contributed by atoms with van der Waals surface area (Å²) in [6.45, 7) is 5.60. The van der Waals surface area contributed by atoms with Gasteiger partial charge in [-0.2, -0.15) is 0 Å². The van der Waals surface area contributed by atoms with Gasteiger partial charge in [-0.15, -0.1) is 0 Å². The van der Waals surface area contributed by atoms with E-state index >= 15 is 0 Å². The normalized spacial score (nSPS) is 22.4. The number of carbonyl (C=O) groups is 1. The van der Waals surface area contributed by atoms with Gasteiger partial charge in [-0.1, -0.05) is 0 Å². The lowest BCUT2D eigenvalue weighted by Crippen LogP contribution is -2.44. The van der Waals surface area contributed by atoms with Crippen molar-refractivity contribution in [2.45, 2.75) is 64.1 Å². The molecule has 1 aliphatic rings. The molecular formula is C15H24N4O2. The van der Waals surface area contributed by atoms with Gasteiger partial charge in [0.2, 0.25) is 5.95 Å². The highest BCUT2D eigenvalue weighted by atomic mass is 16.6. The molecule has 0 unspecified atom stereocenters. The first-order valence-corrected chi connectivity index (χ1v) is 7.45. The quantitative estimate of drug-likeness (QED) is 0.896. The van der Waals surface area contributed by atoms with Crippen molar-refractivity contribution in [2.75, 3.05) is 5.32 Å². The zero-order valence-corrected chi connectivity index (χ0v) is 12.9. The minimum atomic E-state index is -0.464. The molecule has 0 spiro atoms. The van der Waals surface area contributed by atoms with Crippen LogP contribution in [0.5, 0.6) is 0 Å². The van der Waals surface area contributed by atoms with Crippen LogP contribution in [-0.4, -0.2) is 33.7 Å². The van der Waals surface area contributed by atoms with Crippen molar-refractivity contribution in [3.63, 3.8) is 0 Å². The Kier molecular flexibility index (Phi) is 4.98. The fourth-order valence-electron chi connectivity index (χ4n) is 2.48. The van der Waals surface area contributed by atoms with E-state index in [1.54, 1.807) is 18.5 Å². The molecular weight excluding hydrogens is 268 g/mol. The highest BCUT2D eigenvalue weighted by Gasteiger charge is 2.25. The predicted octanol–water partition coefficient (Wildman–Crippen LogP) is 2.72. The molecule has 1 amide bonds. The number of nitrogens with one attached hydrogen (secondary N) is 2. The molecule has 0 aromatic carbocycles. The number of carbonyl (C=O) groups excluding carboxylic acids is 1. The second kappa shape index (κ2) is 6.74. The number of hydrogen-bond donors (Lipinski definition) is 2. The Hall–Kier alpha value is -1.85. The van der Waals surface area contributed by atoms with E-state index in [1.807, 2.05) is 20.8 Å². The Labute approximate surface area is 125 Å². The Bertz CT molecular complexity index is 458. The molecule has 1 heterocycles. The van der Waals surface area contributed by atoms with E-state index in [0.717, 1.165) is 25.7 Å². The van der Waals surface area contributed by atoms with E-state index in [-0.39, 0.29) is 18.2 Å². The lowest BCUT2D eigenvalue weighted by molar-refractivity contribution is 0.0492. The molecule has 0 saturated heterocycles. The second-order valence-corrected chi connectivity index (χ2v) is 6.42. The van der Waals surface area contributed by atoms with E-state index < -0.39 is 5.60 Å². The second-order valence-electron chi connectivity index (χ2n) is 6.42. The maximum Gasteiger partial charge on any atom is 0.407 e. The van der Waals surface area contributed by atoms with Crippen LogP contribution in [0.3, 0.4) is 0 Å². The minimum Gasteiger partial charge on any atom is -0.444 e. The van der Waals surface area contributed by atoms with Gasteiger partial charge in [0.05, 0.1) is 0 Å². The van der Waals surface area contributed by atoms with E-state index in [0.29, 0.717) is 5.95 Å². The van der Waals surface area contributed by atoms with Crippen LogP contribution in [0.15, 0.2) is 18.5 Å². The third kappa shape index (κ3) is 5.57. The van der Waals surface area contributed by atoms with E-state index in [1.165, 1.54) is 0 Å². The summed E-state index contributed by atoms with van der Waals surface area (Å²) in [5.74, 6) is 0.639.